The Morgan fingerprint density at radius 2 is 1.77 bits per heavy atom. The first-order chi connectivity index (χ1) is 12.6. The molecule has 0 unspecified atom stereocenters. The fourth-order valence-corrected chi connectivity index (χ4v) is 3.29. The lowest BCUT2D eigenvalue weighted by Gasteiger charge is -2.33. The van der Waals surface area contributed by atoms with Gasteiger partial charge >= 0.3 is 0 Å². The highest BCUT2D eigenvalue weighted by Gasteiger charge is 2.32. The standard InChI is InChI=1S/C19H19N5O2/c1-14-18-19(20-8-10-22(18)13-21-14)23-11-16(25)24(17(26)12-23)9-7-15-5-3-2-4-6-15/h2-6,8,10,13H,7,9,11-12H2,1H3. The van der Waals surface area contributed by atoms with Crippen molar-refractivity contribution in [2.45, 2.75) is 13.3 Å². The van der Waals surface area contributed by atoms with Gasteiger partial charge in [0.25, 0.3) is 0 Å². The first-order valence-electron chi connectivity index (χ1n) is 8.54. The predicted molar refractivity (Wildman–Crippen MR) is 96.8 cm³/mol. The first kappa shape index (κ1) is 16.3. The molecule has 1 fully saturated rings. The number of anilines is 1. The molecule has 4 rings (SSSR count). The minimum atomic E-state index is -0.196. The summed E-state index contributed by atoms with van der Waals surface area (Å²) in [6, 6.07) is 9.86. The Bertz CT molecular complexity index is 948. The molecule has 1 saturated heterocycles. The number of hydrogen-bond acceptors (Lipinski definition) is 5. The summed E-state index contributed by atoms with van der Waals surface area (Å²) in [5, 5.41) is 0. The zero-order chi connectivity index (χ0) is 18.1. The van der Waals surface area contributed by atoms with Gasteiger partial charge in [-0.15, -0.1) is 0 Å². The fraction of sp³-hybridized carbons (Fsp3) is 0.263. The summed E-state index contributed by atoms with van der Waals surface area (Å²) >= 11 is 0. The lowest BCUT2D eigenvalue weighted by atomic mass is 10.1. The van der Waals surface area contributed by atoms with Crippen LogP contribution in [0.1, 0.15) is 11.3 Å². The molecule has 0 N–H and O–H groups in total. The number of rotatable bonds is 4. The number of benzene rings is 1. The number of imidazole rings is 1. The van der Waals surface area contributed by atoms with E-state index >= 15 is 0 Å². The van der Waals surface area contributed by atoms with E-state index in [0.29, 0.717) is 18.8 Å². The van der Waals surface area contributed by atoms with Crippen LogP contribution < -0.4 is 4.90 Å². The Morgan fingerprint density at radius 3 is 2.50 bits per heavy atom. The monoisotopic (exact) mass is 349 g/mol. The smallest absolute Gasteiger partial charge is 0.248 e. The van der Waals surface area contributed by atoms with Gasteiger partial charge < -0.3 is 9.30 Å². The van der Waals surface area contributed by atoms with Gasteiger partial charge in [-0.25, -0.2) is 9.97 Å². The number of carbonyl (C=O) groups is 2. The molecule has 7 heteroatoms. The van der Waals surface area contributed by atoms with Gasteiger partial charge in [0, 0.05) is 18.9 Å². The van der Waals surface area contributed by atoms with Gasteiger partial charge in [0.2, 0.25) is 11.8 Å². The molecule has 7 nitrogen and oxygen atoms in total. The number of aromatic nitrogens is 3. The topological polar surface area (TPSA) is 70.8 Å². The number of nitrogens with zero attached hydrogens (tertiary/aromatic N) is 5. The molecule has 1 aliphatic heterocycles. The maximum atomic E-state index is 12.6. The Balaban J connectivity index is 1.52. The molecule has 3 heterocycles. The number of carbonyl (C=O) groups excluding carboxylic acids is 2. The molecule has 132 valence electrons. The van der Waals surface area contributed by atoms with E-state index in [-0.39, 0.29) is 24.9 Å². The number of hydrogen-bond donors (Lipinski definition) is 0. The molecule has 26 heavy (non-hydrogen) atoms. The van der Waals surface area contributed by atoms with Crippen LogP contribution in [0, 0.1) is 6.92 Å². The van der Waals surface area contributed by atoms with Crippen LogP contribution in [0.4, 0.5) is 5.82 Å². The van der Waals surface area contributed by atoms with E-state index in [1.54, 1.807) is 23.6 Å². The van der Waals surface area contributed by atoms with E-state index in [1.807, 2.05) is 41.7 Å². The van der Waals surface area contributed by atoms with E-state index in [2.05, 4.69) is 9.97 Å². The summed E-state index contributed by atoms with van der Waals surface area (Å²) < 4.78 is 1.86. The van der Waals surface area contributed by atoms with Crippen LogP contribution in [0.5, 0.6) is 0 Å². The molecule has 1 aromatic carbocycles. The Kier molecular flexibility index (Phi) is 4.12. The normalized spacial score (nSPS) is 15.1. The van der Waals surface area contributed by atoms with Gasteiger partial charge in [-0.1, -0.05) is 30.3 Å². The summed E-state index contributed by atoms with van der Waals surface area (Å²) in [6.45, 7) is 2.56. The van der Waals surface area contributed by atoms with Gasteiger partial charge in [-0.3, -0.25) is 14.5 Å². The molecule has 0 saturated carbocycles. The van der Waals surface area contributed by atoms with Crippen LogP contribution in [0.15, 0.2) is 49.1 Å². The maximum Gasteiger partial charge on any atom is 0.248 e. The highest BCUT2D eigenvalue weighted by molar-refractivity contribution is 6.03. The van der Waals surface area contributed by atoms with Crippen LogP contribution in [0.3, 0.4) is 0 Å². The minimum absolute atomic E-state index is 0.137. The second-order valence-electron chi connectivity index (χ2n) is 6.37. The van der Waals surface area contributed by atoms with Crippen molar-refractivity contribution in [1.29, 1.82) is 0 Å². The van der Waals surface area contributed by atoms with Gasteiger partial charge in [-0.05, 0) is 18.9 Å². The molecule has 3 aromatic rings. The van der Waals surface area contributed by atoms with Crippen LogP contribution in [0.25, 0.3) is 5.52 Å². The number of aryl methyl sites for hydroxylation is 1. The quantitative estimate of drug-likeness (QED) is 0.667. The highest BCUT2D eigenvalue weighted by Crippen LogP contribution is 2.23. The second kappa shape index (κ2) is 6.59. The molecular weight excluding hydrogens is 330 g/mol. The van der Waals surface area contributed by atoms with Crippen molar-refractivity contribution in [3.63, 3.8) is 0 Å². The van der Waals surface area contributed by atoms with Gasteiger partial charge in [-0.2, -0.15) is 0 Å². The third-order valence-electron chi connectivity index (χ3n) is 4.63. The Labute approximate surface area is 150 Å². The number of amides is 2. The molecule has 2 aromatic heterocycles. The third-order valence-corrected chi connectivity index (χ3v) is 4.63. The minimum Gasteiger partial charge on any atom is -0.336 e. The zero-order valence-corrected chi connectivity index (χ0v) is 14.5. The van der Waals surface area contributed by atoms with Crippen LogP contribution in [-0.4, -0.2) is 50.7 Å². The predicted octanol–water partition coefficient (Wildman–Crippen LogP) is 1.46. The SMILES string of the molecule is Cc1ncn2ccnc(N3CC(=O)N(CCc4ccccc4)C(=O)C3)c12. The Hall–Kier alpha value is -3.22. The van der Waals surface area contributed by atoms with Crippen LogP contribution in [0.2, 0.25) is 0 Å². The summed E-state index contributed by atoms with van der Waals surface area (Å²) in [6.07, 6.45) is 5.82. The summed E-state index contributed by atoms with van der Waals surface area (Å²) in [4.78, 5) is 36.9. The van der Waals surface area contributed by atoms with Gasteiger partial charge in [0.1, 0.15) is 5.52 Å². The Morgan fingerprint density at radius 1 is 1.04 bits per heavy atom. The molecule has 0 atom stereocenters. The van der Waals surface area contributed by atoms with Crippen LogP contribution in [-0.2, 0) is 16.0 Å². The van der Waals surface area contributed by atoms with Crippen molar-refractivity contribution in [2.24, 2.45) is 0 Å². The average molecular weight is 349 g/mol. The number of imide groups is 1. The zero-order valence-electron chi connectivity index (χ0n) is 14.5. The van der Waals surface area contributed by atoms with Crippen molar-refractivity contribution in [2.75, 3.05) is 24.5 Å². The first-order valence-corrected chi connectivity index (χ1v) is 8.54. The van der Waals surface area contributed by atoms with Gasteiger partial charge in [0.15, 0.2) is 5.82 Å². The second-order valence-corrected chi connectivity index (χ2v) is 6.37. The average Bonchev–Trinajstić information content (AvgIpc) is 3.03. The van der Waals surface area contributed by atoms with Crippen molar-refractivity contribution >= 4 is 23.1 Å². The lowest BCUT2D eigenvalue weighted by molar-refractivity contribution is -0.145. The van der Waals surface area contributed by atoms with E-state index in [4.69, 9.17) is 0 Å². The van der Waals surface area contributed by atoms with E-state index < -0.39 is 0 Å². The highest BCUT2D eigenvalue weighted by atomic mass is 16.2. The van der Waals surface area contributed by atoms with Crippen LogP contribution >= 0.6 is 0 Å². The third kappa shape index (κ3) is 2.92. The van der Waals surface area contributed by atoms with E-state index in [9.17, 15) is 9.59 Å². The fourth-order valence-electron chi connectivity index (χ4n) is 3.29. The number of piperazine rings is 1. The molecule has 0 aliphatic carbocycles. The summed E-state index contributed by atoms with van der Waals surface area (Å²) in [7, 11) is 0. The van der Waals surface area contributed by atoms with Gasteiger partial charge in [0.05, 0.1) is 25.1 Å². The summed E-state index contributed by atoms with van der Waals surface area (Å²) in [5.74, 6) is 0.225. The molecule has 0 radical (unpaired) electrons. The van der Waals surface area contributed by atoms with Crippen molar-refractivity contribution in [3.8, 4) is 0 Å². The van der Waals surface area contributed by atoms with Crippen molar-refractivity contribution in [3.05, 3.63) is 60.3 Å². The molecule has 0 bridgehead atoms. The van der Waals surface area contributed by atoms with Crippen molar-refractivity contribution < 1.29 is 9.59 Å². The largest absolute Gasteiger partial charge is 0.336 e. The van der Waals surface area contributed by atoms with E-state index in [0.717, 1.165) is 16.8 Å². The van der Waals surface area contributed by atoms with Crippen molar-refractivity contribution in [1.82, 2.24) is 19.3 Å². The summed E-state index contributed by atoms with van der Waals surface area (Å²) in [5.41, 5.74) is 2.75. The lowest BCUT2D eigenvalue weighted by Crippen LogP contribution is -2.54. The molecule has 0 spiro atoms. The molecule has 2 amide bonds. The molecular formula is C19H19N5O2. The molecule has 1 aliphatic rings. The van der Waals surface area contributed by atoms with E-state index in [1.165, 1.54) is 4.90 Å². The maximum absolute atomic E-state index is 12.6. The number of fused-ring (bicyclic) bond motifs is 1.